The van der Waals surface area contributed by atoms with Gasteiger partial charge in [0.15, 0.2) is 0 Å². The molecule has 1 aromatic carbocycles. The Morgan fingerprint density at radius 2 is 1.92 bits per heavy atom. The molecule has 0 bridgehead atoms. The molecule has 13 heavy (non-hydrogen) atoms. The SMILES string of the molecule is C=CC(=C(C)C)c1ccccc1Cl. The van der Waals surface area contributed by atoms with Gasteiger partial charge in [0.25, 0.3) is 0 Å². The van der Waals surface area contributed by atoms with Crippen LogP contribution in [-0.4, -0.2) is 0 Å². The van der Waals surface area contributed by atoms with E-state index in [0.717, 1.165) is 16.2 Å². The maximum absolute atomic E-state index is 6.06. The largest absolute Gasteiger partial charge is 0.0984 e. The highest BCUT2D eigenvalue weighted by Gasteiger charge is 2.02. The lowest BCUT2D eigenvalue weighted by Gasteiger charge is -2.06. The summed E-state index contributed by atoms with van der Waals surface area (Å²) in [5, 5.41) is 0.776. The molecule has 0 aromatic heterocycles. The monoisotopic (exact) mass is 192 g/mol. The van der Waals surface area contributed by atoms with E-state index in [-0.39, 0.29) is 0 Å². The highest BCUT2D eigenvalue weighted by atomic mass is 35.5. The van der Waals surface area contributed by atoms with Gasteiger partial charge >= 0.3 is 0 Å². The number of hydrogen-bond acceptors (Lipinski definition) is 0. The lowest BCUT2D eigenvalue weighted by molar-refractivity contribution is 1.39. The third-order valence-corrected chi connectivity index (χ3v) is 2.24. The van der Waals surface area contributed by atoms with Crippen LogP contribution in [0, 0.1) is 0 Å². The quantitative estimate of drug-likeness (QED) is 0.613. The van der Waals surface area contributed by atoms with Crippen LogP contribution in [0.25, 0.3) is 5.57 Å². The zero-order valence-corrected chi connectivity index (χ0v) is 8.73. The minimum atomic E-state index is 0.776. The highest BCUT2D eigenvalue weighted by Crippen LogP contribution is 2.26. The fourth-order valence-corrected chi connectivity index (χ4v) is 1.50. The van der Waals surface area contributed by atoms with Gasteiger partial charge in [0.05, 0.1) is 0 Å². The lowest BCUT2D eigenvalue weighted by atomic mass is 10.0. The summed E-state index contributed by atoms with van der Waals surface area (Å²) in [4.78, 5) is 0. The van der Waals surface area contributed by atoms with Crippen LogP contribution in [0.2, 0.25) is 5.02 Å². The van der Waals surface area contributed by atoms with Crippen LogP contribution >= 0.6 is 11.6 Å². The maximum atomic E-state index is 6.06. The summed E-state index contributed by atoms with van der Waals surface area (Å²) in [5.74, 6) is 0. The van der Waals surface area contributed by atoms with Gasteiger partial charge in [-0.3, -0.25) is 0 Å². The maximum Gasteiger partial charge on any atom is 0.0484 e. The average Bonchev–Trinajstić information content (AvgIpc) is 2.09. The molecule has 0 spiro atoms. The van der Waals surface area contributed by atoms with Crippen LogP contribution in [0.1, 0.15) is 19.4 Å². The molecule has 0 nitrogen and oxygen atoms in total. The van der Waals surface area contributed by atoms with E-state index >= 15 is 0 Å². The van der Waals surface area contributed by atoms with Gasteiger partial charge in [-0.1, -0.05) is 48.0 Å². The first kappa shape index (κ1) is 10.1. The number of benzene rings is 1. The Morgan fingerprint density at radius 3 is 2.38 bits per heavy atom. The topological polar surface area (TPSA) is 0 Å². The Balaban J connectivity index is 3.29. The van der Waals surface area contributed by atoms with E-state index in [1.807, 2.05) is 30.3 Å². The predicted molar refractivity (Wildman–Crippen MR) is 59.9 cm³/mol. The molecule has 0 fully saturated rings. The summed E-state index contributed by atoms with van der Waals surface area (Å²) in [6, 6.07) is 7.81. The molecule has 1 aromatic rings. The Morgan fingerprint density at radius 1 is 1.31 bits per heavy atom. The van der Waals surface area contributed by atoms with E-state index < -0.39 is 0 Å². The van der Waals surface area contributed by atoms with Crippen molar-refractivity contribution in [3.05, 3.63) is 53.1 Å². The van der Waals surface area contributed by atoms with Gasteiger partial charge in [-0.25, -0.2) is 0 Å². The van der Waals surface area contributed by atoms with Crippen molar-refractivity contribution in [3.8, 4) is 0 Å². The third kappa shape index (κ3) is 2.22. The van der Waals surface area contributed by atoms with Crippen molar-refractivity contribution < 1.29 is 0 Å². The van der Waals surface area contributed by atoms with E-state index in [0.29, 0.717) is 0 Å². The normalized spacial score (nSPS) is 9.46. The summed E-state index contributed by atoms with van der Waals surface area (Å²) in [7, 11) is 0. The summed E-state index contributed by atoms with van der Waals surface area (Å²) in [6.45, 7) is 7.90. The van der Waals surface area contributed by atoms with Gasteiger partial charge in [-0.15, -0.1) is 0 Å². The van der Waals surface area contributed by atoms with Crippen molar-refractivity contribution in [2.24, 2.45) is 0 Å². The molecule has 1 rings (SSSR count). The van der Waals surface area contributed by atoms with Gasteiger partial charge in [0.2, 0.25) is 0 Å². The molecule has 0 heterocycles. The van der Waals surface area contributed by atoms with Crippen molar-refractivity contribution in [1.82, 2.24) is 0 Å². The van der Waals surface area contributed by atoms with Gasteiger partial charge in [-0.2, -0.15) is 0 Å². The van der Waals surface area contributed by atoms with Crippen LogP contribution in [0.4, 0.5) is 0 Å². The number of hydrogen-bond donors (Lipinski definition) is 0. The molecule has 68 valence electrons. The first-order chi connectivity index (χ1) is 6.16. The summed E-state index contributed by atoms with van der Waals surface area (Å²) < 4.78 is 0. The summed E-state index contributed by atoms with van der Waals surface area (Å²) in [5.41, 5.74) is 3.40. The standard InChI is InChI=1S/C12H13Cl/c1-4-10(9(2)3)11-7-5-6-8-12(11)13/h4-8H,1H2,2-3H3. The first-order valence-corrected chi connectivity index (χ1v) is 4.59. The molecule has 1 heteroatoms. The van der Waals surface area contributed by atoms with Crippen molar-refractivity contribution in [1.29, 1.82) is 0 Å². The molecule has 0 saturated carbocycles. The van der Waals surface area contributed by atoms with Gasteiger partial charge < -0.3 is 0 Å². The Labute approximate surface area is 84.5 Å². The van der Waals surface area contributed by atoms with E-state index in [1.54, 1.807) is 0 Å². The molecule has 0 radical (unpaired) electrons. The van der Waals surface area contributed by atoms with Gasteiger partial charge in [-0.05, 0) is 25.5 Å². The zero-order valence-electron chi connectivity index (χ0n) is 7.97. The Bertz CT molecular complexity index is 344. The molecule has 0 saturated heterocycles. The summed E-state index contributed by atoms with van der Waals surface area (Å²) in [6.07, 6.45) is 1.84. The van der Waals surface area contributed by atoms with Gasteiger partial charge in [0, 0.05) is 10.6 Å². The third-order valence-electron chi connectivity index (χ3n) is 1.91. The Hall–Kier alpha value is -1.01. The van der Waals surface area contributed by atoms with E-state index in [1.165, 1.54) is 5.57 Å². The highest BCUT2D eigenvalue weighted by molar-refractivity contribution is 6.32. The number of halogens is 1. The molecule has 0 aliphatic heterocycles. The second-order valence-electron chi connectivity index (χ2n) is 3.10. The second kappa shape index (κ2) is 4.29. The fraction of sp³-hybridized carbons (Fsp3) is 0.167. The van der Waals surface area contributed by atoms with E-state index in [4.69, 9.17) is 11.6 Å². The summed E-state index contributed by atoms with van der Waals surface area (Å²) >= 11 is 6.06. The van der Waals surface area contributed by atoms with Crippen molar-refractivity contribution in [3.63, 3.8) is 0 Å². The smallest absolute Gasteiger partial charge is 0.0484 e. The van der Waals surface area contributed by atoms with E-state index in [9.17, 15) is 0 Å². The van der Waals surface area contributed by atoms with Crippen LogP contribution in [0.5, 0.6) is 0 Å². The van der Waals surface area contributed by atoms with Crippen molar-refractivity contribution in [2.45, 2.75) is 13.8 Å². The van der Waals surface area contributed by atoms with Crippen LogP contribution in [0.3, 0.4) is 0 Å². The molecule has 0 unspecified atom stereocenters. The molecular weight excluding hydrogens is 180 g/mol. The van der Waals surface area contributed by atoms with Crippen LogP contribution in [-0.2, 0) is 0 Å². The average molecular weight is 193 g/mol. The van der Waals surface area contributed by atoms with Crippen molar-refractivity contribution in [2.75, 3.05) is 0 Å². The second-order valence-corrected chi connectivity index (χ2v) is 3.50. The van der Waals surface area contributed by atoms with Crippen LogP contribution < -0.4 is 0 Å². The predicted octanol–water partition coefficient (Wildman–Crippen LogP) is 4.32. The minimum Gasteiger partial charge on any atom is -0.0984 e. The molecule has 0 atom stereocenters. The minimum absolute atomic E-state index is 0.776. The molecule has 0 N–H and O–H groups in total. The molecule has 0 aliphatic carbocycles. The lowest BCUT2D eigenvalue weighted by Crippen LogP contribution is -1.84. The number of rotatable bonds is 2. The first-order valence-electron chi connectivity index (χ1n) is 4.21. The molecular formula is C12H13Cl. The fourth-order valence-electron chi connectivity index (χ4n) is 1.26. The molecule has 0 amide bonds. The number of allylic oxidation sites excluding steroid dienone is 3. The van der Waals surface area contributed by atoms with Crippen molar-refractivity contribution >= 4 is 17.2 Å². The van der Waals surface area contributed by atoms with Crippen LogP contribution in [0.15, 0.2) is 42.5 Å². The van der Waals surface area contributed by atoms with Gasteiger partial charge in [0.1, 0.15) is 0 Å². The zero-order chi connectivity index (χ0) is 9.84. The molecule has 0 aliphatic rings. The van der Waals surface area contributed by atoms with E-state index in [2.05, 4.69) is 20.4 Å². The Kier molecular flexibility index (Phi) is 3.32.